The van der Waals surface area contributed by atoms with Crippen LogP contribution < -0.4 is 0 Å². The molecule has 2 aliphatic rings. The van der Waals surface area contributed by atoms with Crippen LogP contribution in [-0.4, -0.2) is 40.4 Å². The highest BCUT2D eigenvalue weighted by molar-refractivity contribution is 5.84. The van der Waals surface area contributed by atoms with Crippen LogP contribution in [0.5, 0.6) is 0 Å². The van der Waals surface area contributed by atoms with Gasteiger partial charge in [0, 0.05) is 19.9 Å². The predicted molar refractivity (Wildman–Crippen MR) is 45.4 cm³/mol. The molecular weight excluding hydrogens is 208 g/mol. The maximum Gasteiger partial charge on any atom is 0.327 e. The lowest BCUT2D eigenvalue weighted by atomic mass is 9.96. The van der Waals surface area contributed by atoms with E-state index >= 15 is 0 Å². The van der Waals surface area contributed by atoms with E-state index in [1.807, 2.05) is 0 Å². The zero-order chi connectivity index (χ0) is 11.4. The minimum atomic E-state index is -2.93. The second-order valence-corrected chi connectivity index (χ2v) is 4.24. The van der Waals surface area contributed by atoms with Crippen molar-refractivity contribution in [3.05, 3.63) is 0 Å². The molecule has 4 nitrogen and oxygen atoms in total. The number of carboxylic acids is 1. The van der Waals surface area contributed by atoms with E-state index in [1.165, 1.54) is 6.92 Å². The van der Waals surface area contributed by atoms with Crippen LogP contribution in [0.3, 0.4) is 0 Å². The average molecular weight is 219 g/mol. The Balaban J connectivity index is 2.31. The number of carbonyl (C=O) groups excluding carboxylic acids is 1. The fraction of sp³-hybridized carbons (Fsp3) is 0.778. The predicted octanol–water partition coefficient (Wildman–Crippen LogP) is 0.717. The molecule has 15 heavy (non-hydrogen) atoms. The number of amides is 1. The number of carboxylic acid groups (broad SMARTS) is 1. The largest absolute Gasteiger partial charge is 0.480 e. The van der Waals surface area contributed by atoms with Gasteiger partial charge in [0.25, 0.3) is 5.92 Å². The van der Waals surface area contributed by atoms with Crippen molar-refractivity contribution in [3.8, 4) is 0 Å². The molecule has 84 valence electrons. The molecule has 1 saturated heterocycles. The third kappa shape index (κ3) is 1.16. The van der Waals surface area contributed by atoms with Gasteiger partial charge in [0.1, 0.15) is 6.04 Å². The van der Waals surface area contributed by atoms with E-state index in [2.05, 4.69) is 0 Å². The van der Waals surface area contributed by atoms with Gasteiger partial charge in [-0.1, -0.05) is 0 Å². The summed E-state index contributed by atoms with van der Waals surface area (Å²) in [5.41, 5.74) is -1.50. The van der Waals surface area contributed by atoms with Crippen molar-refractivity contribution in [1.29, 1.82) is 0 Å². The number of alkyl halides is 2. The van der Waals surface area contributed by atoms with Gasteiger partial charge in [0.2, 0.25) is 5.91 Å². The van der Waals surface area contributed by atoms with Gasteiger partial charge < -0.3 is 10.0 Å². The molecule has 0 aromatic carbocycles. The Labute approximate surface area is 84.9 Å². The van der Waals surface area contributed by atoms with Gasteiger partial charge in [0.05, 0.1) is 5.41 Å². The first-order chi connectivity index (χ1) is 6.82. The zero-order valence-corrected chi connectivity index (χ0v) is 8.17. The Bertz CT molecular complexity index is 344. The van der Waals surface area contributed by atoms with E-state index in [-0.39, 0.29) is 13.0 Å². The Morgan fingerprint density at radius 1 is 1.47 bits per heavy atom. The summed E-state index contributed by atoms with van der Waals surface area (Å²) in [6.07, 6.45) is -0.336. The second-order valence-electron chi connectivity index (χ2n) is 4.24. The van der Waals surface area contributed by atoms with Crippen LogP contribution in [0.2, 0.25) is 0 Å². The molecule has 1 aliphatic carbocycles. The maximum atomic E-state index is 13.1. The van der Waals surface area contributed by atoms with E-state index in [1.54, 1.807) is 0 Å². The molecule has 1 amide bonds. The van der Waals surface area contributed by atoms with Crippen molar-refractivity contribution in [1.82, 2.24) is 4.90 Å². The van der Waals surface area contributed by atoms with E-state index < -0.39 is 35.7 Å². The third-order valence-corrected chi connectivity index (χ3v) is 3.41. The molecule has 1 aliphatic heterocycles. The first-order valence-electron chi connectivity index (χ1n) is 4.70. The van der Waals surface area contributed by atoms with E-state index in [0.717, 1.165) is 4.90 Å². The molecule has 0 radical (unpaired) electrons. The summed E-state index contributed by atoms with van der Waals surface area (Å²) in [6.45, 7) is 1.32. The van der Waals surface area contributed by atoms with Gasteiger partial charge in [-0.05, 0) is 6.42 Å². The van der Waals surface area contributed by atoms with Gasteiger partial charge >= 0.3 is 5.97 Å². The quantitative estimate of drug-likeness (QED) is 0.706. The lowest BCUT2D eigenvalue weighted by Crippen LogP contribution is -2.44. The second kappa shape index (κ2) is 2.68. The molecule has 2 atom stereocenters. The lowest BCUT2D eigenvalue weighted by Gasteiger charge is -2.23. The van der Waals surface area contributed by atoms with Crippen LogP contribution in [0.25, 0.3) is 0 Å². The molecule has 0 aromatic rings. The minimum Gasteiger partial charge on any atom is -0.480 e. The molecule has 0 aromatic heterocycles. The van der Waals surface area contributed by atoms with Crippen molar-refractivity contribution in [3.63, 3.8) is 0 Å². The van der Waals surface area contributed by atoms with Crippen molar-refractivity contribution in [2.45, 2.75) is 31.7 Å². The fourth-order valence-corrected chi connectivity index (χ4v) is 2.51. The highest BCUT2D eigenvalue weighted by atomic mass is 19.3. The van der Waals surface area contributed by atoms with E-state index in [9.17, 15) is 18.4 Å². The smallest absolute Gasteiger partial charge is 0.327 e. The summed E-state index contributed by atoms with van der Waals surface area (Å²) in [4.78, 5) is 23.1. The summed E-state index contributed by atoms with van der Waals surface area (Å²) in [5, 5.41) is 8.91. The molecule has 0 bridgehead atoms. The average Bonchev–Trinajstić information content (AvgIpc) is 2.50. The van der Waals surface area contributed by atoms with Crippen molar-refractivity contribution >= 4 is 11.9 Å². The van der Waals surface area contributed by atoms with Crippen LogP contribution in [-0.2, 0) is 9.59 Å². The highest BCUT2D eigenvalue weighted by Crippen LogP contribution is 2.68. The van der Waals surface area contributed by atoms with Gasteiger partial charge in [0.15, 0.2) is 0 Å². The fourth-order valence-electron chi connectivity index (χ4n) is 2.51. The minimum absolute atomic E-state index is 0.0799. The zero-order valence-electron chi connectivity index (χ0n) is 8.17. The van der Waals surface area contributed by atoms with Crippen molar-refractivity contribution < 1.29 is 23.5 Å². The topological polar surface area (TPSA) is 57.6 Å². The number of halogens is 2. The van der Waals surface area contributed by atoms with Gasteiger partial charge in [-0.25, -0.2) is 13.6 Å². The van der Waals surface area contributed by atoms with Crippen LogP contribution >= 0.6 is 0 Å². The normalized spacial score (nSPS) is 37.0. The molecule has 2 unspecified atom stereocenters. The number of hydrogen-bond donors (Lipinski definition) is 1. The molecule has 6 heteroatoms. The number of hydrogen-bond acceptors (Lipinski definition) is 2. The first kappa shape index (κ1) is 10.3. The molecule has 1 saturated carbocycles. The Hall–Kier alpha value is -1.20. The SMILES string of the molecule is CC(=O)N1CCC2(CC2(F)F)C1C(=O)O. The van der Waals surface area contributed by atoms with E-state index in [4.69, 9.17) is 5.11 Å². The van der Waals surface area contributed by atoms with Crippen molar-refractivity contribution in [2.75, 3.05) is 6.54 Å². The van der Waals surface area contributed by atoms with E-state index in [0.29, 0.717) is 0 Å². The Morgan fingerprint density at radius 2 is 2.00 bits per heavy atom. The van der Waals surface area contributed by atoms with Crippen LogP contribution in [0.4, 0.5) is 8.78 Å². The Morgan fingerprint density at radius 3 is 2.33 bits per heavy atom. The van der Waals surface area contributed by atoms with Gasteiger partial charge in [-0.3, -0.25) is 4.79 Å². The lowest BCUT2D eigenvalue weighted by molar-refractivity contribution is -0.150. The molecule has 2 fully saturated rings. The Kier molecular flexibility index (Phi) is 1.84. The summed E-state index contributed by atoms with van der Waals surface area (Å²) in [6, 6.07) is -1.36. The summed E-state index contributed by atoms with van der Waals surface area (Å²) < 4.78 is 26.3. The van der Waals surface area contributed by atoms with Crippen molar-refractivity contribution in [2.24, 2.45) is 5.41 Å². The third-order valence-electron chi connectivity index (χ3n) is 3.41. The highest BCUT2D eigenvalue weighted by Gasteiger charge is 2.79. The number of likely N-dealkylation sites (tertiary alicyclic amines) is 1. The molecule has 1 spiro atoms. The number of rotatable bonds is 1. The standard InChI is InChI=1S/C9H11F2NO3/c1-5(13)12-3-2-8(4-9(8,10)11)6(12)7(14)15/h6H,2-4H2,1H3,(H,14,15). The summed E-state index contributed by atoms with van der Waals surface area (Å²) in [5.74, 6) is -4.72. The number of carbonyl (C=O) groups is 2. The molecule has 1 heterocycles. The maximum absolute atomic E-state index is 13.1. The molecule has 1 N–H and O–H groups in total. The van der Waals surface area contributed by atoms with Gasteiger partial charge in [-0.15, -0.1) is 0 Å². The first-order valence-corrected chi connectivity index (χ1v) is 4.70. The number of nitrogens with zero attached hydrogens (tertiary/aromatic N) is 1. The number of aliphatic carboxylic acids is 1. The summed E-state index contributed by atoms with van der Waals surface area (Å²) >= 11 is 0. The summed E-state index contributed by atoms with van der Waals surface area (Å²) in [7, 11) is 0. The molecule has 2 rings (SSSR count). The van der Waals surface area contributed by atoms with Crippen LogP contribution in [0, 0.1) is 5.41 Å². The monoisotopic (exact) mass is 219 g/mol. The van der Waals surface area contributed by atoms with Crippen LogP contribution in [0.15, 0.2) is 0 Å². The van der Waals surface area contributed by atoms with Crippen LogP contribution in [0.1, 0.15) is 19.8 Å². The molecular formula is C9H11F2NO3. The van der Waals surface area contributed by atoms with Gasteiger partial charge in [-0.2, -0.15) is 0 Å².